The smallest absolute Gasteiger partial charge is 0.253 e. The van der Waals surface area contributed by atoms with Crippen LogP contribution in [0, 0.1) is 0 Å². The van der Waals surface area contributed by atoms with E-state index >= 15 is 0 Å². The van der Waals surface area contributed by atoms with Crippen molar-refractivity contribution in [1.29, 1.82) is 0 Å². The Morgan fingerprint density at radius 3 is 2.38 bits per heavy atom. The number of benzene rings is 2. The van der Waals surface area contributed by atoms with E-state index < -0.39 is 0 Å². The minimum atomic E-state index is -0.0474. The van der Waals surface area contributed by atoms with Gasteiger partial charge in [-0.05, 0) is 44.7 Å². The summed E-state index contributed by atoms with van der Waals surface area (Å²) >= 11 is 0. The van der Waals surface area contributed by atoms with E-state index in [1.54, 1.807) is 0 Å². The first-order valence-electron chi connectivity index (χ1n) is 8.55. The van der Waals surface area contributed by atoms with Crippen LogP contribution < -0.4 is 10.6 Å². The molecule has 4 nitrogen and oxygen atoms in total. The molecule has 24 heavy (non-hydrogen) atoms. The number of amides is 1. The van der Waals surface area contributed by atoms with Gasteiger partial charge in [0.15, 0.2) is 0 Å². The van der Waals surface area contributed by atoms with Crippen LogP contribution in [0.4, 0.5) is 11.4 Å². The molecule has 0 saturated carbocycles. The van der Waals surface area contributed by atoms with Crippen LogP contribution in [0.15, 0.2) is 54.6 Å². The van der Waals surface area contributed by atoms with Gasteiger partial charge in [-0.3, -0.25) is 9.69 Å². The van der Waals surface area contributed by atoms with Crippen molar-refractivity contribution in [1.82, 2.24) is 10.2 Å². The zero-order chi connectivity index (χ0) is 17.4. The Morgan fingerprint density at radius 2 is 1.71 bits per heavy atom. The summed E-state index contributed by atoms with van der Waals surface area (Å²) in [4.78, 5) is 14.9. The van der Waals surface area contributed by atoms with Gasteiger partial charge in [-0.2, -0.15) is 0 Å². The quantitative estimate of drug-likeness (QED) is 0.774. The predicted molar refractivity (Wildman–Crippen MR) is 101 cm³/mol. The van der Waals surface area contributed by atoms with Crippen LogP contribution in [0.3, 0.4) is 0 Å². The van der Waals surface area contributed by atoms with Gasteiger partial charge >= 0.3 is 0 Å². The Bertz CT molecular complexity index is 640. The van der Waals surface area contributed by atoms with Crippen LogP contribution in [0.1, 0.15) is 31.1 Å². The summed E-state index contributed by atoms with van der Waals surface area (Å²) in [6.07, 6.45) is 0. The van der Waals surface area contributed by atoms with Crippen molar-refractivity contribution in [3.8, 4) is 0 Å². The Morgan fingerprint density at radius 1 is 1.04 bits per heavy atom. The number of nitrogens with one attached hydrogen (secondary N) is 2. The molecule has 0 atom stereocenters. The third kappa shape index (κ3) is 5.10. The molecule has 128 valence electrons. The first kappa shape index (κ1) is 18.0. The lowest BCUT2D eigenvalue weighted by Gasteiger charge is -2.24. The molecular formula is C20H27N3O. The van der Waals surface area contributed by atoms with E-state index in [-0.39, 0.29) is 5.91 Å². The normalized spacial score (nSPS) is 10.9. The molecule has 2 rings (SSSR count). The van der Waals surface area contributed by atoms with E-state index in [0.29, 0.717) is 18.2 Å². The number of nitrogens with zero attached hydrogens (tertiary/aromatic N) is 1. The number of carbonyl (C=O) groups excluding carboxylic acids is 1. The molecule has 0 bridgehead atoms. The second-order valence-corrected chi connectivity index (χ2v) is 6.01. The largest absolute Gasteiger partial charge is 0.355 e. The highest BCUT2D eigenvalue weighted by Crippen LogP contribution is 2.20. The number of hydrogen-bond donors (Lipinski definition) is 2. The molecular weight excluding hydrogens is 298 g/mol. The number of likely N-dealkylation sites (N-methyl/N-ethyl adjacent to an activating group) is 1. The molecule has 1 amide bonds. The van der Waals surface area contributed by atoms with E-state index in [1.165, 1.54) is 0 Å². The predicted octanol–water partition coefficient (Wildman–Crippen LogP) is 3.89. The van der Waals surface area contributed by atoms with Crippen molar-refractivity contribution in [2.45, 2.75) is 26.8 Å². The Balaban J connectivity index is 1.99. The maximum atomic E-state index is 12.5. The Hall–Kier alpha value is -2.33. The first-order chi connectivity index (χ1) is 11.6. The summed E-state index contributed by atoms with van der Waals surface area (Å²) < 4.78 is 0. The van der Waals surface area contributed by atoms with Gasteiger partial charge in [0.2, 0.25) is 0 Å². The molecule has 0 spiro atoms. The molecule has 0 saturated heterocycles. The highest BCUT2D eigenvalue weighted by molar-refractivity contribution is 6.00. The lowest BCUT2D eigenvalue weighted by atomic mass is 10.1. The molecule has 0 heterocycles. The highest BCUT2D eigenvalue weighted by Gasteiger charge is 2.12. The standard InChI is InChI=1S/C20H27N3O/c1-4-23(16(2)3)15-14-21-20(24)18-12-8-9-13-19(18)22-17-10-6-5-7-11-17/h5-13,16,22H,4,14-15H2,1-3H3,(H,21,24). The second-order valence-electron chi connectivity index (χ2n) is 6.01. The van der Waals surface area contributed by atoms with Crippen LogP contribution in [0.2, 0.25) is 0 Å². The fourth-order valence-corrected chi connectivity index (χ4v) is 2.66. The minimum Gasteiger partial charge on any atom is -0.355 e. The minimum absolute atomic E-state index is 0.0474. The van der Waals surface area contributed by atoms with Crippen LogP contribution >= 0.6 is 0 Å². The number of carbonyl (C=O) groups is 1. The van der Waals surface area contributed by atoms with Gasteiger partial charge in [0.1, 0.15) is 0 Å². The lowest BCUT2D eigenvalue weighted by Crippen LogP contribution is -2.38. The zero-order valence-corrected chi connectivity index (χ0v) is 14.8. The average molecular weight is 325 g/mol. The summed E-state index contributed by atoms with van der Waals surface area (Å²) in [5.41, 5.74) is 2.45. The van der Waals surface area contributed by atoms with Crippen LogP contribution in [-0.4, -0.2) is 36.5 Å². The molecule has 0 aliphatic carbocycles. The van der Waals surface area contributed by atoms with Gasteiger partial charge in [-0.25, -0.2) is 0 Å². The number of hydrogen-bond acceptors (Lipinski definition) is 3. The van der Waals surface area contributed by atoms with E-state index in [2.05, 4.69) is 36.3 Å². The van der Waals surface area contributed by atoms with Crippen molar-refractivity contribution < 1.29 is 4.79 Å². The van der Waals surface area contributed by atoms with Gasteiger partial charge in [-0.1, -0.05) is 37.3 Å². The Kier molecular flexibility index (Phi) is 6.82. The zero-order valence-electron chi connectivity index (χ0n) is 14.8. The maximum Gasteiger partial charge on any atom is 0.253 e. The van der Waals surface area contributed by atoms with E-state index in [4.69, 9.17) is 0 Å². The molecule has 0 aliphatic heterocycles. The molecule has 2 aromatic carbocycles. The topological polar surface area (TPSA) is 44.4 Å². The molecule has 0 aromatic heterocycles. The highest BCUT2D eigenvalue weighted by atomic mass is 16.1. The SMILES string of the molecule is CCN(CCNC(=O)c1ccccc1Nc1ccccc1)C(C)C. The van der Waals surface area contributed by atoms with Crippen molar-refractivity contribution >= 4 is 17.3 Å². The fourth-order valence-electron chi connectivity index (χ4n) is 2.66. The number of rotatable bonds is 8. The average Bonchev–Trinajstić information content (AvgIpc) is 2.59. The second kappa shape index (κ2) is 9.08. The monoisotopic (exact) mass is 325 g/mol. The molecule has 4 heteroatoms. The third-order valence-corrected chi connectivity index (χ3v) is 4.05. The summed E-state index contributed by atoms with van der Waals surface area (Å²) in [5, 5.41) is 6.33. The van der Waals surface area contributed by atoms with Crippen molar-refractivity contribution in [3.63, 3.8) is 0 Å². The Labute approximate surface area is 144 Å². The van der Waals surface area contributed by atoms with Crippen molar-refractivity contribution in [3.05, 3.63) is 60.2 Å². The maximum absolute atomic E-state index is 12.5. The van der Waals surface area contributed by atoms with Gasteiger partial charge in [0, 0.05) is 24.8 Å². The lowest BCUT2D eigenvalue weighted by molar-refractivity contribution is 0.0946. The van der Waals surface area contributed by atoms with Gasteiger partial charge < -0.3 is 10.6 Å². The third-order valence-electron chi connectivity index (χ3n) is 4.05. The molecule has 0 radical (unpaired) electrons. The number of para-hydroxylation sites is 2. The van der Waals surface area contributed by atoms with E-state index in [1.807, 2.05) is 54.6 Å². The molecule has 0 unspecified atom stereocenters. The summed E-state index contributed by atoms with van der Waals surface area (Å²) in [6, 6.07) is 17.9. The van der Waals surface area contributed by atoms with Crippen LogP contribution in [-0.2, 0) is 0 Å². The summed E-state index contributed by atoms with van der Waals surface area (Å²) in [7, 11) is 0. The van der Waals surface area contributed by atoms with Crippen LogP contribution in [0.25, 0.3) is 0 Å². The van der Waals surface area contributed by atoms with E-state index in [9.17, 15) is 4.79 Å². The fraction of sp³-hybridized carbons (Fsp3) is 0.350. The molecule has 2 N–H and O–H groups in total. The number of anilines is 2. The van der Waals surface area contributed by atoms with Gasteiger partial charge in [0.05, 0.1) is 11.3 Å². The molecule has 0 aliphatic rings. The van der Waals surface area contributed by atoms with Crippen LogP contribution in [0.5, 0.6) is 0 Å². The first-order valence-corrected chi connectivity index (χ1v) is 8.55. The summed E-state index contributed by atoms with van der Waals surface area (Å²) in [5.74, 6) is -0.0474. The summed E-state index contributed by atoms with van der Waals surface area (Å²) in [6.45, 7) is 8.97. The molecule has 0 fully saturated rings. The van der Waals surface area contributed by atoms with Gasteiger partial charge in [-0.15, -0.1) is 0 Å². The van der Waals surface area contributed by atoms with Crippen molar-refractivity contribution in [2.75, 3.05) is 25.0 Å². The van der Waals surface area contributed by atoms with Crippen molar-refractivity contribution in [2.24, 2.45) is 0 Å². The van der Waals surface area contributed by atoms with Gasteiger partial charge in [0.25, 0.3) is 5.91 Å². The van der Waals surface area contributed by atoms with E-state index in [0.717, 1.165) is 24.5 Å². The molecule has 2 aromatic rings.